The van der Waals surface area contributed by atoms with Gasteiger partial charge in [0.15, 0.2) is 0 Å². The highest BCUT2D eigenvalue weighted by atomic mass is 16.1. The standard InChI is InChI=1S/C15H23N3O/c1-10(2)12-5-3-4-6-13(12)18-15(19)14-9-11(16)7-8-17-14/h7-10,12-13H,3-6H2,1-2H3,(H2,16,17)(H,18,19). The topological polar surface area (TPSA) is 68.0 Å². The number of carbonyl (C=O) groups is 1. The van der Waals surface area contributed by atoms with Gasteiger partial charge in [0, 0.05) is 17.9 Å². The van der Waals surface area contributed by atoms with Gasteiger partial charge in [-0.2, -0.15) is 0 Å². The molecule has 0 aromatic carbocycles. The van der Waals surface area contributed by atoms with Crippen molar-refractivity contribution in [3.63, 3.8) is 0 Å². The molecule has 19 heavy (non-hydrogen) atoms. The van der Waals surface area contributed by atoms with Gasteiger partial charge < -0.3 is 11.1 Å². The second-order valence-electron chi connectivity index (χ2n) is 5.75. The van der Waals surface area contributed by atoms with Crippen LogP contribution in [-0.4, -0.2) is 16.9 Å². The van der Waals surface area contributed by atoms with Crippen molar-refractivity contribution in [3.05, 3.63) is 24.0 Å². The summed E-state index contributed by atoms with van der Waals surface area (Å²) < 4.78 is 0. The van der Waals surface area contributed by atoms with Crippen LogP contribution in [0.3, 0.4) is 0 Å². The smallest absolute Gasteiger partial charge is 0.270 e. The largest absolute Gasteiger partial charge is 0.399 e. The van der Waals surface area contributed by atoms with Gasteiger partial charge in [0.05, 0.1) is 0 Å². The molecule has 1 saturated carbocycles. The lowest BCUT2D eigenvalue weighted by atomic mass is 9.78. The molecule has 4 nitrogen and oxygen atoms in total. The number of nitrogens with one attached hydrogen (secondary N) is 1. The SMILES string of the molecule is CC(C)C1CCCCC1NC(=O)c1cc(N)ccn1. The molecule has 1 fully saturated rings. The Bertz CT molecular complexity index is 445. The molecule has 1 aromatic heterocycles. The van der Waals surface area contributed by atoms with Crippen LogP contribution in [0.2, 0.25) is 0 Å². The molecule has 0 aliphatic heterocycles. The number of anilines is 1. The van der Waals surface area contributed by atoms with Crippen LogP contribution in [0.1, 0.15) is 50.0 Å². The number of hydrogen-bond donors (Lipinski definition) is 2. The third-order valence-corrected chi connectivity index (χ3v) is 4.01. The maximum Gasteiger partial charge on any atom is 0.270 e. The Morgan fingerprint density at radius 2 is 2.16 bits per heavy atom. The van der Waals surface area contributed by atoms with Crippen LogP contribution in [0.5, 0.6) is 0 Å². The summed E-state index contributed by atoms with van der Waals surface area (Å²) in [5.74, 6) is 1.06. The minimum absolute atomic E-state index is 0.107. The van der Waals surface area contributed by atoms with Gasteiger partial charge in [0.2, 0.25) is 0 Å². The van der Waals surface area contributed by atoms with E-state index in [-0.39, 0.29) is 11.9 Å². The van der Waals surface area contributed by atoms with Crippen molar-refractivity contribution in [2.45, 2.75) is 45.6 Å². The second-order valence-corrected chi connectivity index (χ2v) is 5.75. The molecule has 0 bridgehead atoms. The minimum atomic E-state index is -0.107. The summed E-state index contributed by atoms with van der Waals surface area (Å²) in [6.45, 7) is 4.46. The fourth-order valence-corrected chi connectivity index (χ4v) is 2.95. The van der Waals surface area contributed by atoms with Crippen LogP contribution in [0.15, 0.2) is 18.3 Å². The van der Waals surface area contributed by atoms with Gasteiger partial charge in [-0.25, -0.2) is 0 Å². The number of rotatable bonds is 3. The highest BCUT2D eigenvalue weighted by Crippen LogP contribution is 2.30. The van der Waals surface area contributed by atoms with Crippen LogP contribution in [0, 0.1) is 11.8 Å². The summed E-state index contributed by atoms with van der Waals surface area (Å²) in [5, 5.41) is 3.14. The number of pyridine rings is 1. The zero-order valence-corrected chi connectivity index (χ0v) is 11.7. The molecular weight excluding hydrogens is 238 g/mol. The van der Waals surface area contributed by atoms with E-state index in [0.717, 1.165) is 6.42 Å². The molecule has 1 aliphatic carbocycles. The third-order valence-electron chi connectivity index (χ3n) is 4.01. The highest BCUT2D eigenvalue weighted by Gasteiger charge is 2.29. The molecule has 104 valence electrons. The van der Waals surface area contributed by atoms with E-state index in [0.29, 0.717) is 23.2 Å². The lowest BCUT2D eigenvalue weighted by Crippen LogP contribution is -2.44. The average Bonchev–Trinajstić information content (AvgIpc) is 2.39. The maximum absolute atomic E-state index is 12.2. The Balaban J connectivity index is 2.04. The van der Waals surface area contributed by atoms with E-state index in [2.05, 4.69) is 24.1 Å². The Morgan fingerprint density at radius 3 is 2.84 bits per heavy atom. The van der Waals surface area contributed by atoms with E-state index >= 15 is 0 Å². The quantitative estimate of drug-likeness (QED) is 0.878. The summed E-state index contributed by atoms with van der Waals surface area (Å²) in [4.78, 5) is 16.3. The summed E-state index contributed by atoms with van der Waals surface area (Å²) in [6.07, 6.45) is 6.30. The molecule has 2 atom stereocenters. The fraction of sp³-hybridized carbons (Fsp3) is 0.600. The average molecular weight is 261 g/mol. The minimum Gasteiger partial charge on any atom is -0.399 e. The Kier molecular flexibility index (Phi) is 4.40. The number of hydrogen-bond acceptors (Lipinski definition) is 3. The molecule has 1 aliphatic rings. The maximum atomic E-state index is 12.2. The lowest BCUT2D eigenvalue weighted by Gasteiger charge is -2.34. The van der Waals surface area contributed by atoms with Gasteiger partial charge in [-0.1, -0.05) is 26.7 Å². The molecule has 0 radical (unpaired) electrons. The molecule has 1 amide bonds. The Labute approximate surface area is 114 Å². The van der Waals surface area contributed by atoms with E-state index in [1.807, 2.05) is 0 Å². The van der Waals surface area contributed by atoms with Crippen molar-refractivity contribution >= 4 is 11.6 Å². The lowest BCUT2D eigenvalue weighted by molar-refractivity contribution is 0.0884. The summed E-state index contributed by atoms with van der Waals surface area (Å²) >= 11 is 0. The first-order chi connectivity index (χ1) is 9.08. The van der Waals surface area contributed by atoms with E-state index in [9.17, 15) is 4.79 Å². The normalized spacial score (nSPS) is 23.3. The number of aromatic nitrogens is 1. The number of carbonyl (C=O) groups excluding carboxylic acids is 1. The number of amides is 1. The van der Waals surface area contributed by atoms with Crippen molar-refractivity contribution in [3.8, 4) is 0 Å². The van der Waals surface area contributed by atoms with Crippen molar-refractivity contribution in [1.82, 2.24) is 10.3 Å². The predicted molar refractivity (Wildman–Crippen MR) is 76.7 cm³/mol. The molecule has 2 rings (SSSR count). The van der Waals surface area contributed by atoms with E-state index < -0.39 is 0 Å². The van der Waals surface area contributed by atoms with E-state index in [4.69, 9.17) is 5.73 Å². The highest BCUT2D eigenvalue weighted by molar-refractivity contribution is 5.93. The molecule has 0 spiro atoms. The summed E-state index contributed by atoms with van der Waals surface area (Å²) in [6, 6.07) is 3.58. The summed E-state index contributed by atoms with van der Waals surface area (Å²) in [7, 11) is 0. The van der Waals surface area contributed by atoms with Crippen LogP contribution in [0.4, 0.5) is 5.69 Å². The predicted octanol–water partition coefficient (Wildman–Crippen LogP) is 2.61. The second kappa shape index (κ2) is 6.04. The van der Waals surface area contributed by atoms with Crippen molar-refractivity contribution in [2.24, 2.45) is 11.8 Å². The monoisotopic (exact) mass is 261 g/mol. The first-order valence-electron chi connectivity index (χ1n) is 7.10. The van der Waals surface area contributed by atoms with Crippen LogP contribution < -0.4 is 11.1 Å². The van der Waals surface area contributed by atoms with Crippen molar-refractivity contribution < 1.29 is 4.79 Å². The van der Waals surface area contributed by atoms with E-state index in [1.54, 1.807) is 18.3 Å². The first-order valence-corrected chi connectivity index (χ1v) is 7.10. The molecule has 2 unspecified atom stereocenters. The van der Waals surface area contributed by atoms with Gasteiger partial charge in [0.25, 0.3) is 5.91 Å². The number of nitrogen functional groups attached to an aromatic ring is 1. The van der Waals surface area contributed by atoms with Gasteiger partial charge in [-0.3, -0.25) is 9.78 Å². The molecule has 1 heterocycles. The summed E-state index contributed by atoms with van der Waals surface area (Å²) in [5.41, 5.74) is 6.67. The van der Waals surface area contributed by atoms with Crippen molar-refractivity contribution in [1.29, 1.82) is 0 Å². The van der Waals surface area contributed by atoms with Gasteiger partial charge in [0.1, 0.15) is 5.69 Å². The van der Waals surface area contributed by atoms with Crippen LogP contribution in [0.25, 0.3) is 0 Å². The first kappa shape index (κ1) is 13.8. The third kappa shape index (κ3) is 3.46. The van der Waals surface area contributed by atoms with Crippen molar-refractivity contribution in [2.75, 3.05) is 5.73 Å². The molecular formula is C15H23N3O. The van der Waals surface area contributed by atoms with Crippen LogP contribution in [-0.2, 0) is 0 Å². The Morgan fingerprint density at radius 1 is 1.42 bits per heavy atom. The van der Waals surface area contributed by atoms with E-state index in [1.165, 1.54) is 19.3 Å². The number of nitrogens with two attached hydrogens (primary N) is 1. The molecule has 1 aromatic rings. The molecule has 3 N–H and O–H groups in total. The molecule has 4 heteroatoms. The van der Waals surface area contributed by atoms with Gasteiger partial charge in [-0.05, 0) is 36.8 Å². The van der Waals surface area contributed by atoms with Gasteiger partial charge >= 0.3 is 0 Å². The fourth-order valence-electron chi connectivity index (χ4n) is 2.95. The van der Waals surface area contributed by atoms with Crippen LogP contribution >= 0.6 is 0 Å². The zero-order valence-electron chi connectivity index (χ0n) is 11.7. The number of nitrogens with zero attached hydrogens (tertiary/aromatic N) is 1. The zero-order chi connectivity index (χ0) is 13.8. The van der Waals surface area contributed by atoms with Gasteiger partial charge in [-0.15, -0.1) is 0 Å². The molecule has 0 saturated heterocycles. The Hall–Kier alpha value is -1.58.